The molecule has 9 heteroatoms. The lowest BCUT2D eigenvalue weighted by atomic mass is 10.1. The average Bonchev–Trinajstić information content (AvgIpc) is 2.61. The van der Waals surface area contributed by atoms with Crippen molar-refractivity contribution in [3.05, 3.63) is 59.3 Å². The van der Waals surface area contributed by atoms with Crippen molar-refractivity contribution in [2.24, 2.45) is 4.99 Å². The van der Waals surface area contributed by atoms with Gasteiger partial charge in [0.15, 0.2) is 12.6 Å². The maximum atomic E-state index is 12.3. The van der Waals surface area contributed by atoms with Crippen molar-refractivity contribution in [2.75, 3.05) is 13.7 Å². The van der Waals surface area contributed by atoms with Gasteiger partial charge in [-0.15, -0.1) is 24.0 Å². The van der Waals surface area contributed by atoms with Crippen LogP contribution in [0.4, 0.5) is 13.2 Å². The summed E-state index contributed by atoms with van der Waals surface area (Å²) >= 11 is 0. The monoisotopic (exact) mass is 494 g/mol. The molecule has 0 unspecified atom stereocenters. The summed E-state index contributed by atoms with van der Waals surface area (Å²) in [5.74, 6) is 0.477. The molecule has 0 aliphatic carbocycles. The molecule has 0 saturated carbocycles. The average molecular weight is 494 g/mol. The highest BCUT2D eigenvalue weighted by atomic mass is 127. The minimum atomic E-state index is -4.41. The second kappa shape index (κ2) is 11.0. The third-order valence-electron chi connectivity index (χ3n) is 3.60. The Morgan fingerprint density at radius 3 is 2.33 bits per heavy atom. The van der Waals surface area contributed by atoms with Crippen molar-refractivity contribution in [3.8, 4) is 5.88 Å². The van der Waals surface area contributed by atoms with Gasteiger partial charge >= 0.3 is 6.18 Å². The fraction of sp³-hybridized carbons (Fsp3) is 0.333. The molecule has 0 aliphatic rings. The van der Waals surface area contributed by atoms with E-state index in [1.807, 2.05) is 31.2 Å². The zero-order valence-corrected chi connectivity index (χ0v) is 17.3. The summed E-state index contributed by atoms with van der Waals surface area (Å²) in [7, 11) is 1.62. The Morgan fingerprint density at radius 1 is 1.07 bits per heavy atom. The van der Waals surface area contributed by atoms with Gasteiger partial charge in [0.25, 0.3) is 0 Å². The predicted octanol–water partition coefficient (Wildman–Crippen LogP) is 3.81. The Kier molecular flexibility index (Phi) is 9.33. The SMILES string of the molecule is CN=C(NCc1ccccc1C)NCc1cccnc1OCC(F)(F)F.I. The first kappa shape index (κ1) is 23.0. The van der Waals surface area contributed by atoms with Crippen LogP contribution in [0.5, 0.6) is 5.88 Å². The Balaban J connectivity index is 0.00000364. The van der Waals surface area contributed by atoms with E-state index in [9.17, 15) is 13.2 Å². The summed E-state index contributed by atoms with van der Waals surface area (Å²) in [5, 5.41) is 6.22. The van der Waals surface area contributed by atoms with Crippen LogP contribution in [0.2, 0.25) is 0 Å². The third kappa shape index (κ3) is 8.02. The maximum absolute atomic E-state index is 12.3. The number of hydrogen-bond donors (Lipinski definition) is 2. The van der Waals surface area contributed by atoms with E-state index in [2.05, 4.69) is 20.6 Å². The highest BCUT2D eigenvalue weighted by Crippen LogP contribution is 2.19. The molecule has 148 valence electrons. The van der Waals surface area contributed by atoms with Crippen LogP contribution in [-0.4, -0.2) is 30.8 Å². The first-order valence-corrected chi connectivity index (χ1v) is 8.01. The zero-order valence-electron chi connectivity index (χ0n) is 15.0. The van der Waals surface area contributed by atoms with Gasteiger partial charge in [-0.2, -0.15) is 13.2 Å². The van der Waals surface area contributed by atoms with Crippen LogP contribution in [0.3, 0.4) is 0 Å². The summed E-state index contributed by atoms with van der Waals surface area (Å²) in [5.41, 5.74) is 2.80. The largest absolute Gasteiger partial charge is 0.468 e. The van der Waals surface area contributed by atoms with Gasteiger partial charge in [-0.25, -0.2) is 4.98 Å². The number of aryl methyl sites for hydroxylation is 1. The topological polar surface area (TPSA) is 58.5 Å². The van der Waals surface area contributed by atoms with E-state index in [4.69, 9.17) is 4.74 Å². The van der Waals surface area contributed by atoms with E-state index >= 15 is 0 Å². The van der Waals surface area contributed by atoms with Gasteiger partial charge in [-0.3, -0.25) is 4.99 Å². The normalized spacial score (nSPS) is 11.5. The van der Waals surface area contributed by atoms with Crippen molar-refractivity contribution in [1.82, 2.24) is 15.6 Å². The van der Waals surface area contributed by atoms with Crippen LogP contribution in [-0.2, 0) is 13.1 Å². The summed E-state index contributed by atoms with van der Waals surface area (Å²) < 4.78 is 41.8. The number of benzene rings is 1. The van der Waals surface area contributed by atoms with Gasteiger partial charge in [0.2, 0.25) is 5.88 Å². The Bertz CT molecular complexity index is 753. The molecule has 0 amide bonds. The molecule has 0 radical (unpaired) electrons. The van der Waals surface area contributed by atoms with Gasteiger partial charge < -0.3 is 15.4 Å². The summed E-state index contributed by atoms with van der Waals surface area (Å²) in [4.78, 5) is 7.98. The lowest BCUT2D eigenvalue weighted by Crippen LogP contribution is -2.36. The molecule has 2 N–H and O–H groups in total. The van der Waals surface area contributed by atoms with E-state index in [-0.39, 0.29) is 36.4 Å². The molecule has 1 aromatic heterocycles. The van der Waals surface area contributed by atoms with Gasteiger partial charge in [0.1, 0.15) is 0 Å². The molecular weight excluding hydrogens is 472 g/mol. The fourth-order valence-electron chi connectivity index (χ4n) is 2.23. The number of rotatable bonds is 6. The van der Waals surface area contributed by atoms with Crippen LogP contribution >= 0.6 is 24.0 Å². The molecule has 0 fully saturated rings. The number of aromatic nitrogens is 1. The second-order valence-electron chi connectivity index (χ2n) is 5.58. The molecular formula is C18H22F3IN4O. The third-order valence-corrected chi connectivity index (χ3v) is 3.60. The van der Waals surface area contributed by atoms with Gasteiger partial charge in [0.05, 0.1) is 0 Å². The van der Waals surface area contributed by atoms with Crippen LogP contribution in [0.25, 0.3) is 0 Å². The molecule has 2 rings (SSSR count). The molecule has 2 aromatic rings. The number of aliphatic imine (C=N–C) groups is 1. The van der Waals surface area contributed by atoms with Gasteiger partial charge in [-0.05, 0) is 24.1 Å². The number of alkyl halides is 3. The van der Waals surface area contributed by atoms with Crippen LogP contribution < -0.4 is 15.4 Å². The Labute approximate surface area is 173 Å². The number of pyridine rings is 1. The quantitative estimate of drug-likeness (QED) is 0.365. The first-order valence-electron chi connectivity index (χ1n) is 8.01. The van der Waals surface area contributed by atoms with Crippen molar-refractivity contribution in [1.29, 1.82) is 0 Å². The lowest BCUT2D eigenvalue weighted by molar-refractivity contribution is -0.154. The van der Waals surface area contributed by atoms with Crippen molar-refractivity contribution in [3.63, 3.8) is 0 Å². The Hall–Kier alpha value is -2.04. The van der Waals surface area contributed by atoms with Crippen LogP contribution in [0.15, 0.2) is 47.6 Å². The summed E-state index contributed by atoms with van der Waals surface area (Å²) in [6.07, 6.45) is -3.02. The predicted molar refractivity (Wildman–Crippen MR) is 109 cm³/mol. The number of guanidine groups is 1. The van der Waals surface area contributed by atoms with E-state index in [0.717, 1.165) is 11.1 Å². The molecule has 0 atom stereocenters. The standard InChI is InChI=1S/C18H21F3N4O.HI/c1-13-6-3-4-7-14(13)10-24-17(22-2)25-11-15-8-5-9-23-16(15)26-12-18(19,20)21;/h3-9H,10-12H2,1-2H3,(H2,22,24,25);1H. The van der Waals surface area contributed by atoms with E-state index in [0.29, 0.717) is 18.1 Å². The van der Waals surface area contributed by atoms with Crippen LogP contribution in [0.1, 0.15) is 16.7 Å². The zero-order chi connectivity index (χ0) is 19.0. The molecule has 1 heterocycles. The molecule has 1 aromatic carbocycles. The number of hydrogen-bond acceptors (Lipinski definition) is 3. The maximum Gasteiger partial charge on any atom is 0.422 e. The van der Waals surface area contributed by atoms with Gasteiger partial charge in [0, 0.05) is 31.9 Å². The summed E-state index contributed by atoms with van der Waals surface area (Å²) in [6.45, 7) is 1.45. The molecule has 0 aliphatic heterocycles. The van der Waals surface area contributed by atoms with Gasteiger partial charge in [-0.1, -0.05) is 30.3 Å². The Morgan fingerprint density at radius 2 is 1.70 bits per heavy atom. The number of ether oxygens (including phenoxy) is 1. The minimum Gasteiger partial charge on any atom is -0.468 e. The number of nitrogens with zero attached hydrogens (tertiary/aromatic N) is 2. The molecule has 5 nitrogen and oxygen atoms in total. The highest BCUT2D eigenvalue weighted by Gasteiger charge is 2.29. The smallest absolute Gasteiger partial charge is 0.422 e. The molecule has 0 spiro atoms. The fourth-order valence-corrected chi connectivity index (χ4v) is 2.23. The van der Waals surface area contributed by atoms with E-state index in [1.165, 1.54) is 6.20 Å². The van der Waals surface area contributed by atoms with Crippen molar-refractivity contribution < 1.29 is 17.9 Å². The molecule has 27 heavy (non-hydrogen) atoms. The summed E-state index contributed by atoms with van der Waals surface area (Å²) in [6, 6.07) is 11.3. The number of halogens is 4. The van der Waals surface area contributed by atoms with E-state index in [1.54, 1.807) is 19.2 Å². The van der Waals surface area contributed by atoms with E-state index < -0.39 is 12.8 Å². The highest BCUT2D eigenvalue weighted by molar-refractivity contribution is 14.0. The minimum absolute atomic E-state index is 0. The van der Waals surface area contributed by atoms with Crippen molar-refractivity contribution in [2.45, 2.75) is 26.2 Å². The van der Waals surface area contributed by atoms with Crippen molar-refractivity contribution >= 4 is 29.9 Å². The van der Waals surface area contributed by atoms with Crippen LogP contribution in [0, 0.1) is 6.92 Å². The molecule has 0 saturated heterocycles. The number of nitrogens with one attached hydrogen (secondary N) is 2. The lowest BCUT2D eigenvalue weighted by Gasteiger charge is -2.15. The second-order valence-corrected chi connectivity index (χ2v) is 5.58. The first-order chi connectivity index (χ1) is 12.4. The molecule has 0 bridgehead atoms.